The quantitative estimate of drug-likeness (QED) is 0.640. The van der Waals surface area contributed by atoms with Crippen molar-refractivity contribution in [2.24, 2.45) is 0 Å². The first-order valence-electron chi connectivity index (χ1n) is 8.66. The summed E-state index contributed by atoms with van der Waals surface area (Å²) in [6.45, 7) is 6.53. The van der Waals surface area contributed by atoms with E-state index < -0.39 is 34.2 Å². The van der Waals surface area contributed by atoms with Crippen LogP contribution in [0.4, 0.5) is 17.3 Å². The standard InChI is InChI=1S/C19H20N4O5/c1-11-7-5-6-8-13(11)20-17(24)12(2)22-16-14(28-19(3,4)18(22)25)9-10-15(21-16)23(26)27/h5-10,12H,1-4H3,(H,20,24). The van der Waals surface area contributed by atoms with Crippen molar-refractivity contribution in [2.45, 2.75) is 39.3 Å². The van der Waals surface area contributed by atoms with E-state index in [1.165, 1.54) is 19.1 Å². The summed E-state index contributed by atoms with van der Waals surface area (Å²) in [6, 6.07) is 8.85. The first-order valence-corrected chi connectivity index (χ1v) is 8.66. The number of nitro groups is 1. The van der Waals surface area contributed by atoms with Crippen LogP contribution in [0.25, 0.3) is 0 Å². The highest BCUT2D eigenvalue weighted by Gasteiger charge is 2.47. The van der Waals surface area contributed by atoms with Gasteiger partial charge in [0, 0.05) is 11.8 Å². The van der Waals surface area contributed by atoms with Crippen LogP contribution in [0.5, 0.6) is 5.75 Å². The van der Waals surface area contributed by atoms with Crippen LogP contribution in [0.3, 0.4) is 0 Å². The Kier molecular flexibility index (Phi) is 4.76. The van der Waals surface area contributed by atoms with Gasteiger partial charge in [-0.25, -0.2) is 0 Å². The fourth-order valence-electron chi connectivity index (χ4n) is 2.91. The van der Waals surface area contributed by atoms with E-state index in [2.05, 4.69) is 10.3 Å². The van der Waals surface area contributed by atoms with E-state index in [9.17, 15) is 19.7 Å². The third kappa shape index (κ3) is 3.38. The maximum absolute atomic E-state index is 13.0. The summed E-state index contributed by atoms with van der Waals surface area (Å²) in [5, 5.41) is 13.9. The number of nitrogens with one attached hydrogen (secondary N) is 1. The topological polar surface area (TPSA) is 115 Å². The van der Waals surface area contributed by atoms with Gasteiger partial charge >= 0.3 is 5.82 Å². The molecule has 9 heteroatoms. The molecule has 0 fully saturated rings. The minimum atomic E-state index is -1.25. The molecule has 1 aliphatic rings. The van der Waals surface area contributed by atoms with E-state index in [0.717, 1.165) is 10.5 Å². The largest absolute Gasteiger partial charge is 0.472 e. The summed E-state index contributed by atoms with van der Waals surface area (Å²) in [5.74, 6) is -1.25. The second kappa shape index (κ2) is 6.91. The number of anilines is 2. The molecule has 2 aromatic rings. The molecule has 1 aliphatic heterocycles. The predicted octanol–water partition coefficient (Wildman–Crippen LogP) is 2.83. The first kappa shape index (κ1) is 19.3. The number of pyridine rings is 1. The molecule has 1 aromatic carbocycles. The van der Waals surface area contributed by atoms with Crippen molar-refractivity contribution < 1.29 is 19.2 Å². The predicted molar refractivity (Wildman–Crippen MR) is 102 cm³/mol. The summed E-state index contributed by atoms with van der Waals surface area (Å²) >= 11 is 0. The van der Waals surface area contributed by atoms with E-state index in [-0.39, 0.29) is 11.6 Å². The Morgan fingerprint density at radius 2 is 1.96 bits per heavy atom. The number of hydrogen-bond donors (Lipinski definition) is 1. The van der Waals surface area contributed by atoms with Crippen LogP contribution in [0.1, 0.15) is 26.3 Å². The van der Waals surface area contributed by atoms with Gasteiger partial charge in [0.2, 0.25) is 5.91 Å². The lowest BCUT2D eigenvalue weighted by atomic mass is 10.0. The molecule has 1 unspecified atom stereocenters. The molecule has 3 rings (SSSR count). The minimum absolute atomic E-state index is 0.0500. The molecule has 1 atom stereocenters. The van der Waals surface area contributed by atoms with Crippen molar-refractivity contribution >= 4 is 29.1 Å². The zero-order valence-corrected chi connectivity index (χ0v) is 15.9. The number of ether oxygens (including phenoxy) is 1. The summed E-state index contributed by atoms with van der Waals surface area (Å²) in [5.41, 5.74) is 0.236. The number of nitrogens with zero attached hydrogens (tertiary/aromatic N) is 3. The zero-order chi connectivity index (χ0) is 20.6. The van der Waals surface area contributed by atoms with Crippen molar-refractivity contribution in [3.05, 3.63) is 52.1 Å². The van der Waals surface area contributed by atoms with Crippen molar-refractivity contribution in [1.82, 2.24) is 4.98 Å². The number of fused-ring (bicyclic) bond motifs is 1. The highest BCUT2D eigenvalue weighted by Crippen LogP contribution is 2.38. The fourth-order valence-corrected chi connectivity index (χ4v) is 2.91. The lowest BCUT2D eigenvalue weighted by Crippen LogP contribution is -2.58. The molecule has 1 N–H and O–H groups in total. The van der Waals surface area contributed by atoms with Gasteiger partial charge in [-0.2, -0.15) is 0 Å². The third-order valence-electron chi connectivity index (χ3n) is 4.51. The summed E-state index contributed by atoms with van der Waals surface area (Å²) in [6.07, 6.45) is 0. The third-order valence-corrected chi connectivity index (χ3v) is 4.51. The van der Waals surface area contributed by atoms with Gasteiger partial charge in [-0.15, -0.1) is 0 Å². The van der Waals surface area contributed by atoms with Gasteiger partial charge in [0.15, 0.2) is 11.4 Å². The second-order valence-electron chi connectivity index (χ2n) is 7.02. The molecule has 9 nitrogen and oxygen atoms in total. The average molecular weight is 384 g/mol. The maximum Gasteiger partial charge on any atom is 0.366 e. The van der Waals surface area contributed by atoms with E-state index in [1.54, 1.807) is 26.0 Å². The van der Waals surface area contributed by atoms with Crippen molar-refractivity contribution in [3.63, 3.8) is 0 Å². The Balaban J connectivity index is 2.00. The van der Waals surface area contributed by atoms with E-state index in [0.29, 0.717) is 5.69 Å². The Morgan fingerprint density at radius 1 is 1.29 bits per heavy atom. The van der Waals surface area contributed by atoms with Crippen molar-refractivity contribution in [2.75, 3.05) is 10.2 Å². The highest BCUT2D eigenvalue weighted by molar-refractivity contribution is 6.08. The molecule has 1 aromatic heterocycles. The summed E-state index contributed by atoms with van der Waals surface area (Å²) < 4.78 is 5.66. The smallest absolute Gasteiger partial charge is 0.366 e. The summed E-state index contributed by atoms with van der Waals surface area (Å²) in [4.78, 5) is 41.3. The molecular weight excluding hydrogens is 364 g/mol. The number of rotatable bonds is 4. The Morgan fingerprint density at radius 3 is 2.61 bits per heavy atom. The van der Waals surface area contributed by atoms with Crippen LogP contribution < -0.4 is 15.0 Å². The van der Waals surface area contributed by atoms with Gasteiger partial charge < -0.3 is 20.2 Å². The summed E-state index contributed by atoms with van der Waals surface area (Å²) in [7, 11) is 0. The Bertz CT molecular complexity index is 973. The SMILES string of the molecule is Cc1ccccc1NC(=O)C(C)N1C(=O)C(C)(C)Oc2ccc([N+](=O)[O-])nc21. The van der Waals surface area contributed by atoms with E-state index >= 15 is 0 Å². The maximum atomic E-state index is 13.0. The molecule has 0 spiro atoms. The van der Waals surface area contributed by atoms with Gasteiger partial charge in [0.25, 0.3) is 11.7 Å². The van der Waals surface area contributed by atoms with Gasteiger partial charge in [0.05, 0.1) is 0 Å². The van der Waals surface area contributed by atoms with Crippen LogP contribution in [-0.4, -0.2) is 33.4 Å². The van der Waals surface area contributed by atoms with Gasteiger partial charge in [-0.1, -0.05) is 18.2 Å². The number of aryl methyl sites for hydroxylation is 1. The van der Waals surface area contributed by atoms with Crippen LogP contribution >= 0.6 is 0 Å². The van der Waals surface area contributed by atoms with E-state index in [1.807, 2.05) is 19.1 Å². The Hall–Kier alpha value is -3.49. The molecule has 0 saturated carbocycles. The molecule has 0 aliphatic carbocycles. The lowest BCUT2D eigenvalue weighted by molar-refractivity contribution is -0.389. The number of benzene rings is 1. The van der Waals surface area contributed by atoms with Crippen molar-refractivity contribution in [3.8, 4) is 5.75 Å². The van der Waals surface area contributed by atoms with Gasteiger partial charge in [-0.05, 0) is 55.3 Å². The molecular formula is C19H20N4O5. The second-order valence-corrected chi connectivity index (χ2v) is 7.02. The molecule has 0 saturated heterocycles. The average Bonchev–Trinajstić information content (AvgIpc) is 2.63. The highest BCUT2D eigenvalue weighted by atomic mass is 16.6. The number of amides is 2. The number of carbonyl (C=O) groups is 2. The van der Waals surface area contributed by atoms with Crippen LogP contribution in [0.15, 0.2) is 36.4 Å². The van der Waals surface area contributed by atoms with Gasteiger partial charge in [-0.3, -0.25) is 14.5 Å². The fraction of sp³-hybridized carbons (Fsp3) is 0.316. The van der Waals surface area contributed by atoms with Gasteiger partial charge in [0.1, 0.15) is 6.04 Å². The van der Waals surface area contributed by atoms with Crippen molar-refractivity contribution in [1.29, 1.82) is 0 Å². The molecule has 2 amide bonds. The Labute approximate surface area is 161 Å². The number of carbonyl (C=O) groups excluding carboxylic acids is 2. The molecule has 0 radical (unpaired) electrons. The molecule has 28 heavy (non-hydrogen) atoms. The lowest BCUT2D eigenvalue weighted by Gasteiger charge is -2.38. The molecule has 146 valence electrons. The monoisotopic (exact) mass is 384 g/mol. The minimum Gasteiger partial charge on any atom is -0.472 e. The first-order chi connectivity index (χ1) is 13.1. The van der Waals surface area contributed by atoms with Crippen LogP contribution in [-0.2, 0) is 9.59 Å². The zero-order valence-electron chi connectivity index (χ0n) is 15.9. The van der Waals surface area contributed by atoms with E-state index in [4.69, 9.17) is 4.74 Å². The number of para-hydroxylation sites is 1. The number of aromatic nitrogens is 1. The molecule has 0 bridgehead atoms. The number of hydrogen-bond acceptors (Lipinski definition) is 6. The van der Waals surface area contributed by atoms with Crippen LogP contribution in [0.2, 0.25) is 0 Å². The normalized spacial score (nSPS) is 16.0. The molecule has 2 heterocycles. The van der Waals surface area contributed by atoms with Crippen LogP contribution in [0, 0.1) is 17.0 Å².